The molecule has 6 heteroatoms. The molecule has 23 heavy (non-hydrogen) atoms. The van der Waals surface area contributed by atoms with E-state index in [0.717, 1.165) is 0 Å². The number of methoxy groups -OCH3 is 1. The number of nitrogens with one attached hydrogen (secondary N) is 1. The Morgan fingerprint density at radius 2 is 2.04 bits per heavy atom. The van der Waals surface area contributed by atoms with Gasteiger partial charge in [-0.2, -0.15) is 0 Å². The summed E-state index contributed by atoms with van der Waals surface area (Å²) < 4.78 is 10.1. The second kappa shape index (κ2) is 8.19. The fraction of sp³-hybridized carbons (Fsp3) is 0.176. The number of rotatable bonds is 6. The molecule has 1 N–H and O–H groups in total. The minimum absolute atomic E-state index is 0.250. The summed E-state index contributed by atoms with van der Waals surface area (Å²) in [6, 6.07) is 10.5. The van der Waals surface area contributed by atoms with Crippen molar-refractivity contribution >= 4 is 35.2 Å². The van der Waals surface area contributed by atoms with Gasteiger partial charge in [-0.1, -0.05) is 23.7 Å². The zero-order chi connectivity index (χ0) is 16.7. The van der Waals surface area contributed by atoms with Crippen molar-refractivity contribution in [1.82, 2.24) is 0 Å². The van der Waals surface area contributed by atoms with Crippen molar-refractivity contribution in [2.24, 2.45) is 0 Å². The normalized spacial score (nSPS) is 10.7. The second-order valence-corrected chi connectivity index (χ2v) is 5.09. The monoisotopic (exact) mass is 333 g/mol. The van der Waals surface area contributed by atoms with Crippen LogP contribution in [0.2, 0.25) is 5.02 Å². The Morgan fingerprint density at radius 1 is 1.26 bits per heavy atom. The molecule has 0 aliphatic rings. The van der Waals surface area contributed by atoms with Crippen molar-refractivity contribution < 1.29 is 18.7 Å². The lowest BCUT2D eigenvalue weighted by Crippen LogP contribution is -2.07. The Kier molecular flexibility index (Phi) is 6.00. The molecule has 0 bridgehead atoms. The number of anilines is 1. The highest BCUT2D eigenvalue weighted by atomic mass is 35.5. The van der Waals surface area contributed by atoms with Gasteiger partial charge in [0.15, 0.2) is 0 Å². The topological polar surface area (TPSA) is 68.5 Å². The molecule has 0 radical (unpaired) electrons. The number of ether oxygens (including phenoxy) is 1. The van der Waals surface area contributed by atoms with E-state index in [9.17, 15) is 9.59 Å². The van der Waals surface area contributed by atoms with Gasteiger partial charge >= 0.3 is 5.97 Å². The maximum Gasteiger partial charge on any atom is 0.305 e. The summed E-state index contributed by atoms with van der Waals surface area (Å²) in [6.07, 6.45) is 3.60. The van der Waals surface area contributed by atoms with Gasteiger partial charge in [-0.3, -0.25) is 9.59 Å². The quantitative estimate of drug-likeness (QED) is 0.646. The summed E-state index contributed by atoms with van der Waals surface area (Å²) in [5, 5.41) is 3.14. The number of hydrogen-bond acceptors (Lipinski definition) is 4. The third-order valence-electron chi connectivity index (χ3n) is 3.02. The second-order valence-electron chi connectivity index (χ2n) is 4.68. The zero-order valence-corrected chi connectivity index (χ0v) is 13.3. The van der Waals surface area contributed by atoms with E-state index in [2.05, 4.69) is 10.1 Å². The van der Waals surface area contributed by atoms with E-state index in [-0.39, 0.29) is 18.3 Å². The van der Waals surface area contributed by atoms with E-state index in [1.807, 2.05) is 0 Å². The molecule has 1 aromatic heterocycles. The van der Waals surface area contributed by atoms with Gasteiger partial charge in [-0.25, -0.2) is 0 Å². The summed E-state index contributed by atoms with van der Waals surface area (Å²) >= 11 is 5.97. The molecule has 0 spiro atoms. The maximum absolute atomic E-state index is 11.8. The zero-order valence-electron chi connectivity index (χ0n) is 12.5. The summed E-state index contributed by atoms with van der Waals surface area (Å²) in [6.45, 7) is 0. The lowest BCUT2D eigenvalue weighted by molar-refractivity contribution is -0.140. The molecule has 0 fully saturated rings. The van der Waals surface area contributed by atoms with Crippen LogP contribution in [0.25, 0.3) is 6.08 Å². The molecule has 1 amide bonds. The molecular weight excluding hydrogens is 318 g/mol. The minimum atomic E-state index is -0.314. The van der Waals surface area contributed by atoms with Gasteiger partial charge in [0, 0.05) is 12.5 Å². The van der Waals surface area contributed by atoms with Gasteiger partial charge in [0.25, 0.3) is 0 Å². The number of amides is 1. The first-order valence-corrected chi connectivity index (χ1v) is 7.35. The average Bonchev–Trinajstić information content (AvgIpc) is 3.01. The highest BCUT2D eigenvalue weighted by molar-refractivity contribution is 6.33. The summed E-state index contributed by atoms with van der Waals surface area (Å²) in [5.41, 5.74) is 0.544. The number of halogens is 1. The number of carbonyl (C=O) groups excluding carboxylic acids is 2. The van der Waals surface area contributed by atoms with E-state index in [1.54, 1.807) is 42.5 Å². The Morgan fingerprint density at radius 3 is 2.78 bits per heavy atom. The Labute approximate surface area is 138 Å². The van der Waals surface area contributed by atoms with Crippen molar-refractivity contribution in [3.63, 3.8) is 0 Å². The molecule has 120 valence electrons. The van der Waals surface area contributed by atoms with Crippen LogP contribution < -0.4 is 5.32 Å². The molecule has 1 heterocycles. The van der Waals surface area contributed by atoms with E-state index in [0.29, 0.717) is 28.7 Å². The van der Waals surface area contributed by atoms with Crippen LogP contribution in [0.15, 0.2) is 46.9 Å². The van der Waals surface area contributed by atoms with Gasteiger partial charge in [0.2, 0.25) is 5.91 Å². The number of hydrogen-bond donors (Lipinski definition) is 1. The first-order valence-electron chi connectivity index (χ1n) is 6.97. The number of aryl methyl sites for hydroxylation is 1. The highest BCUT2D eigenvalue weighted by Crippen LogP contribution is 2.20. The first kappa shape index (κ1) is 16.8. The van der Waals surface area contributed by atoms with Crippen molar-refractivity contribution in [3.8, 4) is 0 Å². The largest absolute Gasteiger partial charge is 0.469 e. The molecule has 2 rings (SSSR count). The van der Waals surface area contributed by atoms with E-state index < -0.39 is 0 Å². The lowest BCUT2D eigenvalue weighted by Gasteiger charge is -2.03. The fourth-order valence-electron chi connectivity index (χ4n) is 1.84. The number of benzene rings is 1. The summed E-state index contributed by atoms with van der Waals surface area (Å²) in [5.74, 6) is 0.573. The van der Waals surface area contributed by atoms with Gasteiger partial charge < -0.3 is 14.5 Å². The van der Waals surface area contributed by atoms with Gasteiger partial charge in [-0.05, 0) is 30.3 Å². The van der Waals surface area contributed by atoms with Gasteiger partial charge in [-0.15, -0.1) is 0 Å². The molecule has 0 aliphatic carbocycles. The molecule has 0 atom stereocenters. The van der Waals surface area contributed by atoms with Crippen molar-refractivity contribution in [3.05, 3.63) is 59.0 Å². The van der Waals surface area contributed by atoms with Crippen molar-refractivity contribution in [1.29, 1.82) is 0 Å². The SMILES string of the molecule is COC(=O)CCc1ccc(/C=C/C(=O)Nc2ccccc2Cl)o1. The molecule has 0 unspecified atom stereocenters. The Bertz CT molecular complexity index is 721. The molecule has 0 saturated heterocycles. The van der Waals surface area contributed by atoms with Crippen molar-refractivity contribution in [2.45, 2.75) is 12.8 Å². The molecular formula is C17H16ClNO4. The maximum atomic E-state index is 11.8. The standard InChI is InChI=1S/C17H16ClNO4/c1-22-17(21)11-9-13-7-6-12(23-13)8-10-16(20)19-15-5-3-2-4-14(15)18/h2-8,10H,9,11H2,1H3,(H,19,20)/b10-8+. The third-order valence-corrected chi connectivity index (χ3v) is 3.35. The predicted molar refractivity (Wildman–Crippen MR) is 88.2 cm³/mol. The smallest absolute Gasteiger partial charge is 0.305 e. The van der Waals surface area contributed by atoms with Gasteiger partial charge in [0.05, 0.1) is 24.2 Å². The Hall–Kier alpha value is -2.53. The van der Waals surface area contributed by atoms with Crippen LogP contribution in [0.5, 0.6) is 0 Å². The van der Waals surface area contributed by atoms with E-state index >= 15 is 0 Å². The van der Waals surface area contributed by atoms with E-state index in [4.69, 9.17) is 16.0 Å². The number of carbonyl (C=O) groups is 2. The number of esters is 1. The Balaban J connectivity index is 1.90. The van der Waals surface area contributed by atoms with Crippen LogP contribution in [0.1, 0.15) is 17.9 Å². The van der Waals surface area contributed by atoms with Crippen LogP contribution in [0.3, 0.4) is 0 Å². The van der Waals surface area contributed by atoms with Crippen LogP contribution in [-0.2, 0) is 20.7 Å². The summed E-state index contributed by atoms with van der Waals surface area (Å²) in [7, 11) is 1.34. The van der Waals surface area contributed by atoms with Gasteiger partial charge in [0.1, 0.15) is 11.5 Å². The number of para-hydroxylation sites is 1. The molecule has 0 saturated carbocycles. The van der Waals surface area contributed by atoms with Crippen LogP contribution >= 0.6 is 11.6 Å². The van der Waals surface area contributed by atoms with Crippen LogP contribution in [-0.4, -0.2) is 19.0 Å². The highest BCUT2D eigenvalue weighted by Gasteiger charge is 2.06. The van der Waals surface area contributed by atoms with E-state index in [1.165, 1.54) is 13.2 Å². The third kappa shape index (κ3) is 5.30. The van der Waals surface area contributed by atoms with Crippen molar-refractivity contribution in [2.75, 3.05) is 12.4 Å². The molecule has 2 aromatic rings. The minimum Gasteiger partial charge on any atom is -0.469 e. The predicted octanol–water partition coefficient (Wildman–Crippen LogP) is 3.69. The van der Waals surface area contributed by atoms with Crippen LogP contribution in [0.4, 0.5) is 5.69 Å². The fourth-order valence-corrected chi connectivity index (χ4v) is 2.02. The number of furan rings is 1. The molecule has 5 nitrogen and oxygen atoms in total. The molecule has 1 aromatic carbocycles. The molecule has 0 aliphatic heterocycles. The lowest BCUT2D eigenvalue weighted by atomic mass is 10.2. The van der Waals surface area contributed by atoms with Crippen LogP contribution in [0, 0.1) is 0 Å². The summed E-state index contributed by atoms with van der Waals surface area (Å²) in [4.78, 5) is 22.9. The average molecular weight is 334 g/mol. The first-order chi connectivity index (χ1) is 11.1.